The van der Waals surface area contributed by atoms with Gasteiger partial charge in [0.25, 0.3) is 5.56 Å². The lowest BCUT2D eigenvalue weighted by Crippen LogP contribution is -2.27. The van der Waals surface area contributed by atoms with Gasteiger partial charge in [-0.25, -0.2) is 4.98 Å². The van der Waals surface area contributed by atoms with Crippen molar-refractivity contribution < 1.29 is 5.11 Å². The third kappa shape index (κ3) is 3.39. The number of aromatic nitrogens is 4. The molecule has 0 amide bonds. The second-order valence-corrected chi connectivity index (χ2v) is 6.73. The molecule has 1 saturated heterocycles. The molecular weight excluding hydrogens is 344 g/mol. The molecule has 0 radical (unpaired) electrons. The zero-order valence-electron chi connectivity index (χ0n) is 14.9. The Kier molecular flexibility index (Phi) is 4.33. The van der Waals surface area contributed by atoms with E-state index >= 15 is 0 Å². The van der Waals surface area contributed by atoms with Gasteiger partial charge in [0.2, 0.25) is 0 Å². The number of hydrogen-bond donors (Lipinski definition) is 2. The predicted molar refractivity (Wildman–Crippen MR) is 102 cm³/mol. The summed E-state index contributed by atoms with van der Waals surface area (Å²) in [6.07, 6.45) is 2.40. The maximum atomic E-state index is 11.8. The third-order valence-corrected chi connectivity index (χ3v) is 4.75. The summed E-state index contributed by atoms with van der Waals surface area (Å²) in [5.74, 6) is 0.840. The van der Waals surface area contributed by atoms with Crippen LogP contribution in [0.2, 0.25) is 0 Å². The molecule has 27 heavy (non-hydrogen) atoms. The highest BCUT2D eigenvalue weighted by molar-refractivity contribution is 5.73. The van der Waals surface area contributed by atoms with Crippen LogP contribution in [-0.2, 0) is 7.05 Å². The second-order valence-electron chi connectivity index (χ2n) is 6.73. The van der Waals surface area contributed by atoms with Gasteiger partial charge < -0.3 is 20.3 Å². The molecule has 3 aromatic rings. The summed E-state index contributed by atoms with van der Waals surface area (Å²) >= 11 is 0. The van der Waals surface area contributed by atoms with Crippen LogP contribution in [0.15, 0.2) is 47.5 Å². The Labute approximate surface area is 155 Å². The van der Waals surface area contributed by atoms with E-state index in [-0.39, 0.29) is 17.4 Å². The van der Waals surface area contributed by atoms with Crippen molar-refractivity contribution in [1.82, 2.24) is 19.7 Å². The van der Waals surface area contributed by atoms with E-state index in [0.29, 0.717) is 22.5 Å². The first-order valence-electron chi connectivity index (χ1n) is 8.72. The zero-order chi connectivity index (χ0) is 19.0. The molecule has 8 nitrogen and oxygen atoms in total. The van der Waals surface area contributed by atoms with Gasteiger partial charge in [0, 0.05) is 43.4 Å². The minimum absolute atomic E-state index is 0.0558. The number of rotatable bonds is 3. The van der Waals surface area contributed by atoms with Gasteiger partial charge in [-0.1, -0.05) is 6.07 Å². The summed E-state index contributed by atoms with van der Waals surface area (Å²) in [4.78, 5) is 18.1. The molecule has 0 saturated carbocycles. The molecule has 8 heteroatoms. The Balaban J connectivity index is 1.61. The second kappa shape index (κ2) is 6.81. The molecule has 1 aromatic carbocycles. The van der Waals surface area contributed by atoms with Gasteiger partial charge in [0.05, 0.1) is 17.7 Å². The van der Waals surface area contributed by atoms with Crippen molar-refractivity contribution in [3.05, 3.63) is 53.1 Å². The van der Waals surface area contributed by atoms with Gasteiger partial charge in [-0.15, -0.1) is 10.2 Å². The fourth-order valence-electron chi connectivity index (χ4n) is 3.16. The van der Waals surface area contributed by atoms with Crippen LogP contribution in [-0.4, -0.2) is 44.0 Å². The van der Waals surface area contributed by atoms with E-state index in [9.17, 15) is 9.90 Å². The summed E-state index contributed by atoms with van der Waals surface area (Å²) in [5, 5.41) is 19.0. The Bertz CT molecular complexity index is 1030. The van der Waals surface area contributed by atoms with Gasteiger partial charge in [-0.05, 0) is 30.7 Å². The molecule has 0 aliphatic carbocycles. The molecule has 1 aliphatic rings. The predicted octanol–water partition coefficient (Wildman–Crippen LogP) is 1.15. The maximum Gasteiger partial charge on any atom is 0.253 e. The zero-order valence-corrected chi connectivity index (χ0v) is 14.9. The van der Waals surface area contributed by atoms with Crippen LogP contribution >= 0.6 is 0 Å². The maximum absolute atomic E-state index is 11.8. The van der Waals surface area contributed by atoms with Gasteiger partial charge in [-0.3, -0.25) is 4.79 Å². The highest BCUT2D eigenvalue weighted by atomic mass is 16.3. The lowest BCUT2D eigenvalue weighted by molar-refractivity contribution is 0.477. The van der Waals surface area contributed by atoms with E-state index in [4.69, 9.17) is 5.73 Å². The van der Waals surface area contributed by atoms with Gasteiger partial charge >= 0.3 is 0 Å². The number of hydrogen-bond acceptors (Lipinski definition) is 7. The van der Waals surface area contributed by atoms with Gasteiger partial charge in [0.1, 0.15) is 5.75 Å². The summed E-state index contributed by atoms with van der Waals surface area (Å²) < 4.78 is 1.39. The monoisotopic (exact) mass is 364 g/mol. The molecule has 138 valence electrons. The van der Waals surface area contributed by atoms with E-state index < -0.39 is 0 Å². The fourth-order valence-corrected chi connectivity index (χ4v) is 3.16. The number of aromatic hydroxyl groups is 1. The Morgan fingerprint density at radius 2 is 2.00 bits per heavy atom. The number of phenolic OH excluding ortho intramolecular Hbond substituents is 1. The van der Waals surface area contributed by atoms with Crippen molar-refractivity contribution >= 4 is 5.82 Å². The van der Waals surface area contributed by atoms with Crippen LogP contribution < -0.4 is 16.2 Å². The topological polar surface area (TPSA) is 110 Å². The first-order chi connectivity index (χ1) is 13.0. The van der Waals surface area contributed by atoms with Crippen molar-refractivity contribution in [3.8, 4) is 28.3 Å². The summed E-state index contributed by atoms with van der Waals surface area (Å²) in [5.41, 5.74) is 8.08. The van der Waals surface area contributed by atoms with Crippen molar-refractivity contribution in [2.24, 2.45) is 12.8 Å². The van der Waals surface area contributed by atoms with Gasteiger partial charge in [-0.2, -0.15) is 0 Å². The average Bonchev–Trinajstić information content (AvgIpc) is 3.10. The van der Waals surface area contributed by atoms with Crippen molar-refractivity contribution in [2.75, 3.05) is 18.0 Å². The molecule has 0 unspecified atom stereocenters. The first kappa shape index (κ1) is 17.2. The number of nitrogens with two attached hydrogens (primary N) is 1. The van der Waals surface area contributed by atoms with E-state index in [1.54, 1.807) is 25.2 Å². The molecule has 1 aliphatic heterocycles. The van der Waals surface area contributed by atoms with E-state index in [1.807, 2.05) is 12.1 Å². The van der Waals surface area contributed by atoms with Crippen LogP contribution in [0, 0.1) is 0 Å². The summed E-state index contributed by atoms with van der Waals surface area (Å²) in [6.45, 7) is 1.65. The molecule has 3 heterocycles. The van der Waals surface area contributed by atoms with Crippen LogP contribution in [0.1, 0.15) is 6.42 Å². The third-order valence-electron chi connectivity index (χ3n) is 4.75. The number of benzene rings is 1. The Morgan fingerprint density at radius 1 is 1.15 bits per heavy atom. The minimum atomic E-state index is -0.161. The standard InChI is InChI=1S/C19H20N6O2/c1-24-11-21-16(9-19(24)27)12-2-3-14(17(26)8-12)15-4-5-18(23-22-15)25-7-6-13(20)10-25/h2-5,8-9,11,13,26H,6-7,10,20H2,1H3/t13-/m0/s1. The normalized spacial score (nSPS) is 16.7. The van der Waals surface area contributed by atoms with Crippen LogP contribution in [0.3, 0.4) is 0 Å². The smallest absolute Gasteiger partial charge is 0.253 e. The van der Waals surface area contributed by atoms with Crippen molar-refractivity contribution in [2.45, 2.75) is 12.5 Å². The molecule has 0 spiro atoms. The van der Waals surface area contributed by atoms with E-state index in [0.717, 1.165) is 25.3 Å². The largest absolute Gasteiger partial charge is 0.507 e. The molecule has 3 N–H and O–H groups in total. The number of phenols is 1. The number of aryl methyl sites for hydroxylation is 1. The summed E-state index contributed by atoms with van der Waals surface area (Å²) in [7, 11) is 1.64. The molecular formula is C19H20N6O2. The molecule has 2 aromatic heterocycles. The lowest BCUT2D eigenvalue weighted by Gasteiger charge is -2.16. The highest BCUT2D eigenvalue weighted by Crippen LogP contribution is 2.32. The molecule has 1 fully saturated rings. The molecule has 0 bridgehead atoms. The molecule has 4 rings (SSSR count). The van der Waals surface area contributed by atoms with Crippen molar-refractivity contribution in [1.29, 1.82) is 0 Å². The van der Waals surface area contributed by atoms with Crippen LogP contribution in [0.4, 0.5) is 5.82 Å². The highest BCUT2D eigenvalue weighted by Gasteiger charge is 2.20. The number of nitrogens with zero attached hydrogens (tertiary/aromatic N) is 5. The number of anilines is 1. The van der Waals surface area contributed by atoms with Crippen LogP contribution in [0.25, 0.3) is 22.5 Å². The van der Waals surface area contributed by atoms with Gasteiger partial charge in [0.15, 0.2) is 5.82 Å². The van der Waals surface area contributed by atoms with Crippen molar-refractivity contribution in [3.63, 3.8) is 0 Å². The SMILES string of the molecule is Cn1cnc(-c2ccc(-c3ccc(N4CC[C@H](N)C4)nn3)c(O)c2)cc1=O. The minimum Gasteiger partial charge on any atom is -0.507 e. The summed E-state index contributed by atoms with van der Waals surface area (Å²) in [6, 6.07) is 10.4. The Hall–Kier alpha value is -3.26. The van der Waals surface area contributed by atoms with E-state index in [2.05, 4.69) is 20.1 Å². The Morgan fingerprint density at radius 3 is 2.63 bits per heavy atom. The quantitative estimate of drug-likeness (QED) is 0.717. The first-order valence-corrected chi connectivity index (χ1v) is 8.72. The van der Waals surface area contributed by atoms with E-state index in [1.165, 1.54) is 17.0 Å². The average molecular weight is 364 g/mol. The fraction of sp³-hybridized carbons (Fsp3) is 0.263. The lowest BCUT2D eigenvalue weighted by atomic mass is 10.1. The van der Waals surface area contributed by atoms with Crippen LogP contribution in [0.5, 0.6) is 5.75 Å². The molecule has 1 atom stereocenters.